The summed E-state index contributed by atoms with van der Waals surface area (Å²) in [7, 11) is 0. The Hall–Kier alpha value is -3.77. The van der Waals surface area contributed by atoms with Gasteiger partial charge in [0.1, 0.15) is 17.4 Å². The van der Waals surface area contributed by atoms with Gasteiger partial charge < -0.3 is 20.8 Å². The number of ether oxygens (including phenoxy) is 1. The highest BCUT2D eigenvalue weighted by Gasteiger charge is 2.46. The van der Waals surface area contributed by atoms with Gasteiger partial charge in [0.25, 0.3) is 11.5 Å². The number of hydrogen-bond acceptors (Lipinski definition) is 6. The minimum Gasteiger partial charge on any atom is -0.453 e. The monoisotopic (exact) mass is 519 g/mol. The van der Waals surface area contributed by atoms with Crippen molar-refractivity contribution in [3.8, 4) is 11.5 Å². The molecule has 37 heavy (non-hydrogen) atoms. The molecule has 1 aromatic carbocycles. The first-order valence-corrected chi connectivity index (χ1v) is 11.5. The third-order valence-electron chi connectivity index (χ3n) is 6.32. The number of halogens is 4. The summed E-state index contributed by atoms with van der Waals surface area (Å²) in [6.07, 6.45) is 2.06. The molecule has 4 rings (SSSR count). The number of piperidine rings is 1. The minimum absolute atomic E-state index is 0.00533. The molecule has 1 amide bonds. The Labute approximate surface area is 209 Å². The average Bonchev–Trinajstić information content (AvgIpc) is 2.86. The standard InChI is InChI=1S/C25H25F4N5O3/c1-14(34-7-6-25(28,29)19(13-34)16-8-15(10-30)24(36)32-11-16)23(35)33-22-5-3-18(12-31-22)37-21-4-2-17(26)9-20(21)27/h2-5,8-9,11-12,14,19H,6-7,10,13,30H2,1H3,(H,32,36)(H,31,33,35)/t14?,19-/m1/s1. The van der Waals surface area contributed by atoms with Crippen LogP contribution in [0.25, 0.3) is 0 Å². The number of nitrogens with zero attached hydrogens (tertiary/aromatic N) is 2. The van der Waals surface area contributed by atoms with Crippen LogP contribution < -0.4 is 21.3 Å². The van der Waals surface area contributed by atoms with Crippen LogP contribution in [0.4, 0.5) is 23.4 Å². The van der Waals surface area contributed by atoms with Gasteiger partial charge in [-0.25, -0.2) is 22.5 Å². The van der Waals surface area contributed by atoms with E-state index in [0.717, 1.165) is 12.1 Å². The van der Waals surface area contributed by atoms with E-state index in [9.17, 15) is 27.2 Å². The summed E-state index contributed by atoms with van der Waals surface area (Å²) in [6, 6.07) is 6.38. The fourth-order valence-corrected chi connectivity index (χ4v) is 4.13. The maximum Gasteiger partial charge on any atom is 0.257 e. The fraction of sp³-hybridized carbons (Fsp3) is 0.320. The second-order valence-electron chi connectivity index (χ2n) is 8.77. The molecule has 3 heterocycles. The predicted octanol–water partition coefficient (Wildman–Crippen LogP) is 3.75. The lowest BCUT2D eigenvalue weighted by Crippen LogP contribution is -2.52. The first-order valence-electron chi connectivity index (χ1n) is 11.5. The largest absolute Gasteiger partial charge is 0.453 e. The molecule has 0 aliphatic carbocycles. The molecule has 0 spiro atoms. The van der Waals surface area contributed by atoms with E-state index in [1.54, 1.807) is 11.8 Å². The number of pyridine rings is 2. The third kappa shape index (κ3) is 5.97. The van der Waals surface area contributed by atoms with Crippen LogP contribution in [0.3, 0.4) is 0 Å². The molecule has 2 aromatic heterocycles. The number of nitrogens with one attached hydrogen (secondary N) is 2. The van der Waals surface area contributed by atoms with Gasteiger partial charge in [-0.05, 0) is 42.8 Å². The Morgan fingerprint density at radius 3 is 2.76 bits per heavy atom. The second kappa shape index (κ2) is 10.7. The van der Waals surface area contributed by atoms with Crippen LogP contribution in [0, 0.1) is 11.6 Å². The number of nitrogens with two attached hydrogens (primary N) is 1. The Morgan fingerprint density at radius 2 is 2.08 bits per heavy atom. The van der Waals surface area contributed by atoms with E-state index in [0.29, 0.717) is 6.07 Å². The van der Waals surface area contributed by atoms with Gasteiger partial charge in [0.15, 0.2) is 11.6 Å². The van der Waals surface area contributed by atoms with Crippen LogP contribution in [-0.2, 0) is 11.3 Å². The minimum atomic E-state index is -3.03. The number of amides is 1. The Morgan fingerprint density at radius 1 is 1.30 bits per heavy atom. The quantitative estimate of drug-likeness (QED) is 0.410. The van der Waals surface area contributed by atoms with E-state index >= 15 is 0 Å². The average molecular weight is 519 g/mol. The zero-order valence-corrected chi connectivity index (χ0v) is 19.8. The maximum atomic E-state index is 14.8. The molecule has 4 N–H and O–H groups in total. The molecule has 0 saturated carbocycles. The fourth-order valence-electron chi connectivity index (χ4n) is 4.13. The zero-order chi connectivity index (χ0) is 26.7. The SMILES string of the molecule is CC(C(=O)Nc1ccc(Oc2ccc(F)cc2F)cn1)N1CCC(F)(F)[C@@H](c2c[nH]c(=O)c(CN)c2)C1. The van der Waals surface area contributed by atoms with Gasteiger partial charge in [0.05, 0.1) is 18.2 Å². The molecule has 3 aromatic rings. The van der Waals surface area contributed by atoms with Gasteiger partial charge >= 0.3 is 0 Å². The van der Waals surface area contributed by atoms with Crippen molar-refractivity contribution in [1.29, 1.82) is 0 Å². The molecule has 8 nitrogen and oxygen atoms in total. The van der Waals surface area contributed by atoms with Gasteiger partial charge in [0, 0.05) is 43.9 Å². The van der Waals surface area contributed by atoms with Crippen LogP contribution in [0.15, 0.2) is 53.6 Å². The summed E-state index contributed by atoms with van der Waals surface area (Å²) in [5, 5.41) is 2.63. The lowest BCUT2D eigenvalue weighted by Gasteiger charge is -2.40. The molecular formula is C25H25F4N5O3. The van der Waals surface area contributed by atoms with Crippen molar-refractivity contribution in [2.45, 2.75) is 37.8 Å². The van der Waals surface area contributed by atoms with Crippen LogP contribution in [0.2, 0.25) is 0 Å². The van der Waals surface area contributed by atoms with E-state index in [2.05, 4.69) is 15.3 Å². The zero-order valence-electron chi connectivity index (χ0n) is 19.8. The smallest absolute Gasteiger partial charge is 0.257 e. The summed E-state index contributed by atoms with van der Waals surface area (Å²) in [5.41, 5.74) is 5.57. The number of likely N-dealkylation sites (tertiary alicyclic amines) is 1. The lowest BCUT2D eigenvalue weighted by atomic mass is 9.86. The second-order valence-corrected chi connectivity index (χ2v) is 8.77. The molecule has 1 aliphatic heterocycles. The first kappa shape index (κ1) is 26.3. The normalized spacial score (nSPS) is 18.3. The van der Waals surface area contributed by atoms with E-state index < -0.39 is 47.4 Å². The number of benzene rings is 1. The highest BCUT2D eigenvalue weighted by Crippen LogP contribution is 2.40. The van der Waals surface area contributed by atoms with Crippen molar-refractivity contribution in [2.75, 3.05) is 18.4 Å². The molecule has 1 fully saturated rings. The number of rotatable bonds is 7. The molecule has 0 bridgehead atoms. The number of carbonyl (C=O) groups is 1. The van der Waals surface area contributed by atoms with Crippen molar-refractivity contribution >= 4 is 11.7 Å². The van der Waals surface area contributed by atoms with Crippen molar-refractivity contribution in [3.05, 3.63) is 81.9 Å². The van der Waals surface area contributed by atoms with Crippen LogP contribution in [0.5, 0.6) is 11.5 Å². The highest BCUT2D eigenvalue weighted by molar-refractivity contribution is 5.93. The summed E-state index contributed by atoms with van der Waals surface area (Å²) in [5.74, 6) is -6.19. The third-order valence-corrected chi connectivity index (χ3v) is 6.32. The number of anilines is 1. The maximum absolute atomic E-state index is 14.8. The molecule has 196 valence electrons. The van der Waals surface area contributed by atoms with E-state index in [4.69, 9.17) is 10.5 Å². The number of carbonyl (C=O) groups excluding carboxylic acids is 1. The molecule has 0 radical (unpaired) electrons. The predicted molar refractivity (Wildman–Crippen MR) is 128 cm³/mol. The molecule has 1 unspecified atom stereocenters. The van der Waals surface area contributed by atoms with Crippen molar-refractivity contribution in [1.82, 2.24) is 14.9 Å². The molecule has 2 atom stereocenters. The molecule has 1 saturated heterocycles. The van der Waals surface area contributed by atoms with Crippen LogP contribution in [0.1, 0.15) is 30.4 Å². The summed E-state index contributed by atoms with van der Waals surface area (Å²) in [4.78, 5) is 32.8. The van der Waals surface area contributed by atoms with Crippen LogP contribution >= 0.6 is 0 Å². The van der Waals surface area contributed by atoms with E-state index in [-0.39, 0.29) is 48.1 Å². The number of alkyl halides is 2. The topological polar surface area (TPSA) is 113 Å². The molecule has 1 aliphatic rings. The summed E-state index contributed by atoms with van der Waals surface area (Å²) in [6.45, 7) is 1.40. The number of aromatic nitrogens is 2. The number of hydrogen-bond donors (Lipinski definition) is 3. The van der Waals surface area contributed by atoms with Crippen molar-refractivity contribution in [3.63, 3.8) is 0 Å². The van der Waals surface area contributed by atoms with Gasteiger partial charge in [-0.3, -0.25) is 14.5 Å². The number of H-pyrrole nitrogens is 1. The van der Waals surface area contributed by atoms with Crippen molar-refractivity contribution < 1.29 is 27.1 Å². The Bertz CT molecular complexity index is 1330. The Balaban J connectivity index is 1.41. The van der Waals surface area contributed by atoms with Crippen LogP contribution in [-0.4, -0.2) is 45.8 Å². The first-order chi connectivity index (χ1) is 17.6. The van der Waals surface area contributed by atoms with E-state index in [1.165, 1.54) is 30.6 Å². The lowest BCUT2D eigenvalue weighted by molar-refractivity contribution is -0.125. The highest BCUT2D eigenvalue weighted by atomic mass is 19.3. The summed E-state index contributed by atoms with van der Waals surface area (Å²) >= 11 is 0. The van der Waals surface area contributed by atoms with Gasteiger partial charge in [-0.15, -0.1) is 0 Å². The van der Waals surface area contributed by atoms with Gasteiger partial charge in [0.2, 0.25) is 5.91 Å². The van der Waals surface area contributed by atoms with Gasteiger partial charge in [-0.1, -0.05) is 0 Å². The number of aromatic amines is 1. The summed E-state index contributed by atoms with van der Waals surface area (Å²) < 4.78 is 61.8. The van der Waals surface area contributed by atoms with Gasteiger partial charge in [-0.2, -0.15) is 0 Å². The Kier molecular flexibility index (Phi) is 7.60. The van der Waals surface area contributed by atoms with Crippen molar-refractivity contribution in [2.24, 2.45) is 5.73 Å². The molecular weight excluding hydrogens is 494 g/mol. The van der Waals surface area contributed by atoms with E-state index in [1.807, 2.05) is 0 Å². The molecule has 12 heteroatoms.